The first-order valence-electron chi connectivity index (χ1n) is 27.6. The van der Waals surface area contributed by atoms with Crippen molar-refractivity contribution < 1.29 is 33.3 Å². The van der Waals surface area contributed by atoms with Crippen molar-refractivity contribution in [1.82, 2.24) is 4.90 Å². The third-order valence-corrected chi connectivity index (χ3v) is 12.8. The van der Waals surface area contributed by atoms with Crippen molar-refractivity contribution >= 4 is 17.7 Å². The van der Waals surface area contributed by atoms with Gasteiger partial charge in [-0.05, 0) is 83.3 Å². The molecule has 0 unspecified atom stereocenters. The Kier molecular flexibility index (Phi) is 42.0. The summed E-state index contributed by atoms with van der Waals surface area (Å²) in [6.07, 6.45) is 41.0. The molecule has 0 bridgehead atoms. The van der Waals surface area contributed by atoms with Crippen LogP contribution in [0.1, 0.15) is 257 Å². The van der Waals surface area contributed by atoms with E-state index >= 15 is 0 Å². The Morgan fingerprint density at radius 3 is 1.48 bits per heavy atom. The predicted octanol–water partition coefficient (Wildman–Crippen LogP) is 15.9. The Labute approximate surface area is 401 Å². The van der Waals surface area contributed by atoms with Gasteiger partial charge in [-0.15, -0.1) is 0 Å². The molecule has 0 aliphatic carbocycles. The van der Waals surface area contributed by atoms with Gasteiger partial charge in [-0.25, -0.2) is 0 Å². The molecule has 0 saturated carbocycles. The van der Waals surface area contributed by atoms with Crippen molar-refractivity contribution in [2.45, 2.75) is 258 Å². The molecule has 65 heavy (non-hydrogen) atoms. The SMILES string of the molecule is CCCCCCCCCOC(=O)CCCCCCCOc1ccc(OCCCCCCCC(=O)CC(CCCCCCCC)CCCCCCCC)c(CCOC(=O)CCCN(C)C)c1. The Bertz CT molecular complexity index is 1240. The van der Waals surface area contributed by atoms with Crippen LogP contribution in [0.2, 0.25) is 0 Å². The van der Waals surface area contributed by atoms with Crippen LogP contribution in [0.5, 0.6) is 11.5 Å². The molecule has 0 amide bonds. The van der Waals surface area contributed by atoms with Crippen molar-refractivity contribution in [2.24, 2.45) is 5.92 Å². The molecule has 0 heterocycles. The lowest BCUT2D eigenvalue weighted by Crippen LogP contribution is -2.15. The van der Waals surface area contributed by atoms with Crippen molar-refractivity contribution in [3.8, 4) is 11.5 Å². The standard InChI is InChI=1S/C57H103NO7/c1-6-9-12-15-18-25-34-47-64-56(60)39-31-24-20-26-32-45-62-54-41-42-55(52(50-54)43-48-65-57(61)40-35-44-58(4)5)63-46-33-27-19-23-30-38-53(59)49-51(36-28-21-16-13-10-7-2)37-29-22-17-14-11-8-3/h41-42,50-51H,6-40,43-49H2,1-5H3. The van der Waals surface area contributed by atoms with Crippen LogP contribution in [0.4, 0.5) is 0 Å². The minimum atomic E-state index is -0.162. The number of unbranched alkanes of at least 4 members (excludes halogenated alkanes) is 24. The van der Waals surface area contributed by atoms with Crippen LogP contribution in [0.25, 0.3) is 0 Å². The Balaban J connectivity index is 2.44. The van der Waals surface area contributed by atoms with Gasteiger partial charge in [-0.1, -0.05) is 188 Å². The average Bonchev–Trinajstić information content (AvgIpc) is 3.28. The third kappa shape index (κ3) is 39.1. The lowest BCUT2D eigenvalue weighted by atomic mass is 9.89. The zero-order valence-corrected chi connectivity index (χ0v) is 43.3. The largest absolute Gasteiger partial charge is 0.494 e. The van der Waals surface area contributed by atoms with Crippen molar-refractivity contribution in [3.63, 3.8) is 0 Å². The van der Waals surface area contributed by atoms with Crippen LogP contribution in [0, 0.1) is 5.92 Å². The summed E-state index contributed by atoms with van der Waals surface area (Å²) in [6, 6.07) is 6.01. The number of Topliss-reactive ketones (excluding diaryl/α,β-unsaturated/α-hetero) is 1. The lowest BCUT2D eigenvalue weighted by Gasteiger charge is -2.16. The molecule has 0 saturated heterocycles. The molecule has 0 aromatic heterocycles. The Morgan fingerprint density at radius 2 is 0.923 bits per heavy atom. The second kappa shape index (κ2) is 45.2. The minimum Gasteiger partial charge on any atom is -0.494 e. The number of carbonyl (C=O) groups excluding carboxylic acids is 3. The first-order valence-corrected chi connectivity index (χ1v) is 27.6. The summed E-state index contributed by atoms with van der Waals surface area (Å²) in [5.41, 5.74) is 0.993. The maximum atomic E-state index is 13.1. The normalized spacial score (nSPS) is 11.4. The summed E-state index contributed by atoms with van der Waals surface area (Å²) in [7, 11) is 4.02. The fraction of sp³-hybridized carbons (Fsp3) is 0.842. The van der Waals surface area contributed by atoms with Crippen LogP contribution < -0.4 is 9.47 Å². The number of ether oxygens (including phenoxy) is 4. The van der Waals surface area contributed by atoms with Crippen LogP contribution in [0.3, 0.4) is 0 Å². The first kappa shape index (κ1) is 60.4. The van der Waals surface area contributed by atoms with Crippen LogP contribution in [-0.4, -0.2) is 69.7 Å². The van der Waals surface area contributed by atoms with E-state index in [4.69, 9.17) is 18.9 Å². The molecule has 0 spiro atoms. The number of nitrogens with zero attached hydrogens (tertiary/aromatic N) is 1. The van der Waals surface area contributed by atoms with Gasteiger partial charge in [0.15, 0.2) is 0 Å². The predicted molar refractivity (Wildman–Crippen MR) is 273 cm³/mol. The van der Waals surface area contributed by atoms with Gasteiger partial charge in [0.25, 0.3) is 0 Å². The summed E-state index contributed by atoms with van der Waals surface area (Å²) in [5.74, 6) is 2.47. The Hall–Kier alpha value is -2.61. The van der Waals surface area contributed by atoms with Gasteiger partial charge >= 0.3 is 11.9 Å². The van der Waals surface area contributed by atoms with Crippen LogP contribution in [0.15, 0.2) is 18.2 Å². The monoisotopic (exact) mass is 914 g/mol. The fourth-order valence-corrected chi connectivity index (χ4v) is 8.61. The molecule has 0 aliphatic rings. The van der Waals surface area contributed by atoms with E-state index in [0.717, 1.165) is 120 Å². The van der Waals surface area contributed by atoms with Gasteiger partial charge < -0.3 is 23.8 Å². The highest BCUT2D eigenvalue weighted by Crippen LogP contribution is 2.27. The summed E-state index contributed by atoms with van der Waals surface area (Å²) in [6.45, 7) is 9.78. The molecule has 1 aromatic carbocycles. The van der Waals surface area contributed by atoms with E-state index in [9.17, 15) is 14.4 Å². The fourth-order valence-electron chi connectivity index (χ4n) is 8.61. The highest BCUT2D eigenvalue weighted by atomic mass is 16.5. The number of hydrogen-bond acceptors (Lipinski definition) is 8. The van der Waals surface area contributed by atoms with Gasteiger partial charge in [-0.3, -0.25) is 14.4 Å². The Morgan fingerprint density at radius 1 is 0.477 bits per heavy atom. The summed E-state index contributed by atoms with van der Waals surface area (Å²) in [5, 5.41) is 0. The van der Waals surface area contributed by atoms with E-state index in [-0.39, 0.29) is 11.9 Å². The summed E-state index contributed by atoms with van der Waals surface area (Å²) >= 11 is 0. The number of carbonyl (C=O) groups is 3. The third-order valence-electron chi connectivity index (χ3n) is 12.8. The van der Waals surface area contributed by atoms with Crippen molar-refractivity contribution in [2.75, 3.05) is 47.1 Å². The molecule has 0 radical (unpaired) electrons. The van der Waals surface area contributed by atoms with Crippen LogP contribution >= 0.6 is 0 Å². The molecule has 0 fully saturated rings. The molecule has 1 aromatic rings. The van der Waals surface area contributed by atoms with E-state index < -0.39 is 0 Å². The lowest BCUT2D eigenvalue weighted by molar-refractivity contribution is -0.144. The van der Waals surface area contributed by atoms with E-state index in [1.807, 2.05) is 32.3 Å². The molecule has 8 heteroatoms. The highest BCUT2D eigenvalue weighted by Gasteiger charge is 2.15. The van der Waals surface area contributed by atoms with Gasteiger partial charge in [-0.2, -0.15) is 0 Å². The maximum Gasteiger partial charge on any atom is 0.305 e. The topological polar surface area (TPSA) is 91.4 Å². The summed E-state index contributed by atoms with van der Waals surface area (Å²) in [4.78, 5) is 39.6. The molecule has 0 N–H and O–H groups in total. The summed E-state index contributed by atoms with van der Waals surface area (Å²) < 4.78 is 23.5. The van der Waals surface area contributed by atoms with Gasteiger partial charge in [0.2, 0.25) is 0 Å². The average molecular weight is 914 g/mol. The molecular formula is C57H103NO7. The zero-order valence-electron chi connectivity index (χ0n) is 43.3. The molecule has 1 rings (SSSR count). The molecular weight excluding hydrogens is 811 g/mol. The van der Waals surface area contributed by atoms with Gasteiger partial charge in [0.1, 0.15) is 17.3 Å². The van der Waals surface area contributed by atoms with E-state index in [0.29, 0.717) is 57.4 Å². The van der Waals surface area contributed by atoms with Gasteiger partial charge in [0.05, 0.1) is 26.4 Å². The number of hydrogen-bond donors (Lipinski definition) is 0. The number of benzene rings is 1. The molecule has 0 atom stereocenters. The van der Waals surface area contributed by atoms with Crippen molar-refractivity contribution in [1.29, 1.82) is 0 Å². The van der Waals surface area contributed by atoms with E-state index in [1.165, 1.54) is 122 Å². The highest BCUT2D eigenvalue weighted by molar-refractivity contribution is 5.78. The molecule has 8 nitrogen and oxygen atoms in total. The van der Waals surface area contributed by atoms with E-state index in [1.54, 1.807) is 0 Å². The first-order chi connectivity index (χ1) is 31.8. The number of esters is 2. The van der Waals surface area contributed by atoms with Crippen LogP contribution in [-0.2, 0) is 30.3 Å². The van der Waals surface area contributed by atoms with Crippen molar-refractivity contribution in [3.05, 3.63) is 23.8 Å². The number of ketones is 1. The maximum absolute atomic E-state index is 13.1. The minimum absolute atomic E-state index is 0.0583. The smallest absolute Gasteiger partial charge is 0.305 e. The molecule has 378 valence electrons. The second-order valence-electron chi connectivity index (χ2n) is 19.4. The second-order valence-corrected chi connectivity index (χ2v) is 19.4. The zero-order chi connectivity index (χ0) is 47.3. The van der Waals surface area contributed by atoms with E-state index in [2.05, 4.69) is 25.7 Å². The molecule has 0 aliphatic heterocycles. The number of rotatable bonds is 49. The quantitative estimate of drug-likeness (QED) is 0.0472. The van der Waals surface area contributed by atoms with Gasteiger partial charge in [0, 0.05) is 37.7 Å².